The second-order valence-electron chi connectivity index (χ2n) is 8.13. The zero-order chi connectivity index (χ0) is 21.5. The molecule has 1 aliphatic rings. The molecule has 0 radical (unpaired) electrons. The number of nitrogens with one attached hydrogen (secondary N) is 1. The van der Waals surface area contributed by atoms with Crippen molar-refractivity contribution in [2.75, 3.05) is 5.75 Å². The highest BCUT2D eigenvalue weighted by Gasteiger charge is 2.44. The third kappa shape index (κ3) is 4.04. The standard InChI is InChI=1S/C22H22ClN3O3S/c1-22(2,3)29-21(28)26-18(12-30-20(26)13-5-4-8-24-10-13)19(27)16-11-25-17-9-14(23)6-7-15(16)17/h4-11,18,20,25H,12H2,1-3H3/t18-,20?/m0/s1. The Balaban J connectivity index is 1.71. The second-order valence-corrected chi connectivity index (χ2v) is 9.68. The zero-order valence-electron chi connectivity index (χ0n) is 16.9. The van der Waals surface area contributed by atoms with Crippen molar-refractivity contribution < 1.29 is 14.3 Å². The van der Waals surface area contributed by atoms with E-state index < -0.39 is 17.7 Å². The lowest BCUT2D eigenvalue weighted by molar-refractivity contribution is 0.0173. The van der Waals surface area contributed by atoms with E-state index in [2.05, 4.69) is 9.97 Å². The van der Waals surface area contributed by atoms with E-state index in [1.165, 1.54) is 11.8 Å². The number of ether oxygens (including phenoxy) is 1. The molecule has 2 atom stereocenters. The van der Waals surface area contributed by atoms with E-state index in [9.17, 15) is 9.59 Å². The van der Waals surface area contributed by atoms with Gasteiger partial charge >= 0.3 is 6.09 Å². The molecule has 1 aromatic carbocycles. The van der Waals surface area contributed by atoms with Crippen LogP contribution in [-0.2, 0) is 4.74 Å². The Morgan fingerprint density at radius 2 is 2.10 bits per heavy atom. The number of carbonyl (C=O) groups is 2. The van der Waals surface area contributed by atoms with Gasteiger partial charge in [0.2, 0.25) is 0 Å². The fraction of sp³-hybridized carbons (Fsp3) is 0.318. The van der Waals surface area contributed by atoms with Crippen LogP contribution < -0.4 is 0 Å². The molecule has 3 aromatic rings. The van der Waals surface area contributed by atoms with Gasteiger partial charge in [-0.25, -0.2) is 4.79 Å². The molecule has 156 valence electrons. The Kier molecular flexibility index (Phi) is 5.51. The number of aromatic amines is 1. The number of pyridine rings is 1. The molecule has 0 aliphatic carbocycles. The molecule has 0 spiro atoms. The summed E-state index contributed by atoms with van der Waals surface area (Å²) < 4.78 is 5.65. The molecule has 8 heteroatoms. The van der Waals surface area contributed by atoms with Gasteiger partial charge in [-0.05, 0) is 39.0 Å². The first-order chi connectivity index (χ1) is 14.2. The molecule has 4 rings (SSSR count). The van der Waals surface area contributed by atoms with Crippen LogP contribution in [0.4, 0.5) is 4.79 Å². The number of aromatic nitrogens is 2. The van der Waals surface area contributed by atoms with E-state index >= 15 is 0 Å². The third-order valence-electron chi connectivity index (χ3n) is 4.79. The molecule has 3 heterocycles. The summed E-state index contributed by atoms with van der Waals surface area (Å²) in [6, 6.07) is 8.43. The molecule has 30 heavy (non-hydrogen) atoms. The summed E-state index contributed by atoms with van der Waals surface area (Å²) in [5.41, 5.74) is 1.50. The van der Waals surface area contributed by atoms with Crippen LogP contribution in [0, 0.1) is 0 Å². The fourth-order valence-electron chi connectivity index (χ4n) is 3.51. The van der Waals surface area contributed by atoms with Gasteiger partial charge in [0.15, 0.2) is 5.78 Å². The molecular weight excluding hydrogens is 422 g/mol. The second kappa shape index (κ2) is 7.96. The minimum absolute atomic E-state index is 0.131. The van der Waals surface area contributed by atoms with E-state index in [0.29, 0.717) is 16.3 Å². The number of benzene rings is 1. The number of amides is 1. The average molecular weight is 444 g/mol. The van der Waals surface area contributed by atoms with Crippen molar-refractivity contribution in [1.29, 1.82) is 0 Å². The summed E-state index contributed by atoms with van der Waals surface area (Å²) in [5, 5.41) is 1.03. The molecule has 2 aromatic heterocycles. The van der Waals surface area contributed by atoms with Gasteiger partial charge in [0, 0.05) is 51.4 Å². The lowest BCUT2D eigenvalue weighted by atomic mass is 10.0. The minimum atomic E-state index is -0.672. The molecule has 1 fully saturated rings. The van der Waals surface area contributed by atoms with Crippen LogP contribution >= 0.6 is 23.4 Å². The quantitative estimate of drug-likeness (QED) is 0.544. The highest BCUT2D eigenvalue weighted by atomic mass is 35.5. The van der Waals surface area contributed by atoms with Gasteiger partial charge in [-0.3, -0.25) is 14.7 Å². The first-order valence-electron chi connectivity index (χ1n) is 9.58. The van der Waals surface area contributed by atoms with Gasteiger partial charge < -0.3 is 9.72 Å². The number of carbonyl (C=O) groups excluding carboxylic acids is 2. The molecule has 1 amide bonds. The number of Topliss-reactive ketones (excluding diaryl/α,β-unsaturated/α-hetero) is 1. The summed E-state index contributed by atoms with van der Waals surface area (Å²) in [7, 11) is 0. The minimum Gasteiger partial charge on any atom is -0.444 e. The summed E-state index contributed by atoms with van der Waals surface area (Å²) in [6.07, 6.45) is 4.57. The van der Waals surface area contributed by atoms with E-state index in [-0.39, 0.29) is 11.2 Å². The van der Waals surface area contributed by atoms with Crippen molar-refractivity contribution >= 4 is 46.1 Å². The highest BCUT2D eigenvalue weighted by Crippen LogP contribution is 2.43. The smallest absolute Gasteiger partial charge is 0.412 e. The number of halogens is 1. The fourth-order valence-corrected chi connectivity index (χ4v) is 5.08. The van der Waals surface area contributed by atoms with Crippen LogP contribution in [0.2, 0.25) is 5.02 Å². The topological polar surface area (TPSA) is 75.3 Å². The predicted octanol–water partition coefficient (Wildman–Crippen LogP) is 5.45. The summed E-state index contributed by atoms with van der Waals surface area (Å²) in [6.45, 7) is 5.44. The van der Waals surface area contributed by atoms with Crippen LogP contribution in [0.1, 0.15) is 42.1 Å². The number of hydrogen-bond donors (Lipinski definition) is 1. The molecule has 0 bridgehead atoms. The highest BCUT2D eigenvalue weighted by molar-refractivity contribution is 7.99. The monoisotopic (exact) mass is 443 g/mol. The van der Waals surface area contributed by atoms with Gasteiger partial charge in [0.05, 0.1) is 0 Å². The number of nitrogens with zero attached hydrogens (tertiary/aromatic N) is 2. The van der Waals surface area contributed by atoms with Crippen molar-refractivity contribution in [3.05, 3.63) is 65.1 Å². The molecule has 1 unspecified atom stereocenters. The van der Waals surface area contributed by atoms with Crippen molar-refractivity contribution in [3.63, 3.8) is 0 Å². The number of fused-ring (bicyclic) bond motifs is 1. The number of thioether (sulfide) groups is 1. The Labute approximate surface area is 184 Å². The van der Waals surface area contributed by atoms with E-state index in [1.807, 2.05) is 39.0 Å². The third-order valence-corrected chi connectivity index (χ3v) is 6.34. The van der Waals surface area contributed by atoms with Crippen LogP contribution in [0.3, 0.4) is 0 Å². The maximum Gasteiger partial charge on any atom is 0.412 e. The predicted molar refractivity (Wildman–Crippen MR) is 119 cm³/mol. The van der Waals surface area contributed by atoms with E-state index in [1.54, 1.807) is 35.6 Å². The largest absolute Gasteiger partial charge is 0.444 e. The molecule has 1 saturated heterocycles. The van der Waals surface area contributed by atoms with Crippen LogP contribution in [0.15, 0.2) is 48.9 Å². The van der Waals surface area contributed by atoms with Gasteiger partial charge in [-0.1, -0.05) is 23.7 Å². The lowest BCUT2D eigenvalue weighted by Crippen LogP contribution is -2.45. The van der Waals surface area contributed by atoms with Gasteiger partial charge in [-0.15, -0.1) is 11.8 Å². The number of hydrogen-bond acceptors (Lipinski definition) is 5. The normalized spacial score (nSPS) is 19.3. The Morgan fingerprint density at radius 1 is 1.30 bits per heavy atom. The zero-order valence-corrected chi connectivity index (χ0v) is 18.5. The molecule has 1 aliphatic heterocycles. The Morgan fingerprint density at radius 3 is 2.80 bits per heavy atom. The summed E-state index contributed by atoms with van der Waals surface area (Å²) >= 11 is 7.60. The van der Waals surface area contributed by atoms with Crippen LogP contribution in [0.25, 0.3) is 10.9 Å². The van der Waals surface area contributed by atoms with Crippen molar-refractivity contribution in [2.45, 2.75) is 37.8 Å². The Hall–Kier alpha value is -2.51. The average Bonchev–Trinajstić information content (AvgIpc) is 3.31. The number of rotatable bonds is 3. The first kappa shape index (κ1) is 20.8. The van der Waals surface area contributed by atoms with Crippen molar-refractivity contribution in [1.82, 2.24) is 14.9 Å². The summed E-state index contributed by atoms with van der Waals surface area (Å²) in [5.74, 6) is 0.339. The van der Waals surface area contributed by atoms with E-state index in [4.69, 9.17) is 16.3 Å². The molecule has 1 N–H and O–H groups in total. The SMILES string of the molecule is CC(C)(C)OC(=O)N1C(c2cccnc2)SC[C@H]1C(=O)c1c[nH]c2cc(Cl)ccc12. The molecule has 6 nitrogen and oxygen atoms in total. The Bertz CT molecular complexity index is 1090. The number of ketones is 1. The van der Waals surface area contributed by atoms with Gasteiger partial charge in [-0.2, -0.15) is 0 Å². The van der Waals surface area contributed by atoms with Crippen LogP contribution in [-0.4, -0.2) is 44.1 Å². The van der Waals surface area contributed by atoms with Gasteiger partial charge in [0.1, 0.15) is 17.0 Å². The maximum absolute atomic E-state index is 13.5. The first-order valence-corrected chi connectivity index (χ1v) is 11.0. The van der Waals surface area contributed by atoms with Crippen molar-refractivity contribution in [3.8, 4) is 0 Å². The van der Waals surface area contributed by atoms with E-state index in [0.717, 1.165) is 16.5 Å². The summed E-state index contributed by atoms with van der Waals surface area (Å²) in [4.78, 5) is 35.5. The molecular formula is C22H22ClN3O3S. The number of H-pyrrole nitrogens is 1. The lowest BCUT2D eigenvalue weighted by Gasteiger charge is -2.31. The van der Waals surface area contributed by atoms with Crippen molar-refractivity contribution in [2.24, 2.45) is 0 Å². The maximum atomic E-state index is 13.5. The van der Waals surface area contributed by atoms with Crippen LogP contribution in [0.5, 0.6) is 0 Å². The van der Waals surface area contributed by atoms with Gasteiger partial charge in [0.25, 0.3) is 0 Å². The molecule has 0 saturated carbocycles.